The van der Waals surface area contributed by atoms with E-state index in [2.05, 4.69) is 6.92 Å². The van der Waals surface area contributed by atoms with Crippen LogP contribution in [-0.4, -0.2) is 12.8 Å². The van der Waals surface area contributed by atoms with E-state index in [1.54, 1.807) is 0 Å². The molecular formula is C17H27N3O2. The van der Waals surface area contributed by atoms with Gasteiger partial charge >= 0.3 is 0 Å². The van der Waals surface area contributed by atoms with Gasteiger partial charge in [-0.2, -0.15) is 0 Å². The Morgan fingerprint density at radius 1 is 1.14 bits per heavy atom. The molecule has 0 spiro atoms. The van der Waals surface area contributed by atoms with Gasteiger partial charge in [0.25, 0.3) is 0 Å². The number of hydrogen-bond donors (Lipinski definition) is 3. The zero-order valence-electron chi connectivity index (χ0n) is 13.3. The van der Waals surface area contributed by atoms with Crippen molar-refractivity contribution >= 4 is 11.4 Å². The van der Waals surface area contributed by atoms with E-state index < -0.39 is 0 Å². The first kappa shape index (κ1) is 15.3. The van der Waals surface area contributed by atoms with Gasteiger partial charge in [0.2, 0.25) is 0 Å². The van der Waals surface area contributed by atoms with Crippen LogP contribution in [0.3, 0.4) is 0 Å². The largest absolute Gasteiger partial charge is 0.491 e. The summed E-state index contributed by atoms with van der Waals surface area (Å²) < 4.78 is 11.6. The third-order valence-electron chi connectivity index (χ3n) is 4.97. The fraction of sp³-hybridized carbons (Fsp3) is 0.647. The molecule has 0 saturated heterocycles. The second-order valence-corrected chi connectivity index (χ2v) is 6.82. The van der Waals surface area contributed by atoms with Crippen molar-refractivity contribution < 1.29 is 9.47 Å². The molecule has 1 fully saturated rings. The molecule has 1 saturated carbocycles. The van der Waals surface area contributed by atoms with Gasteiger partial charge in [-0.15, -0.1) is 0 Å². The Morgan fingerprint density at radius 2 is 1.86 bits per heavy atom. The summed E-state index contributed by atoms with van der Waals surface area (Å²) in [6.45, 7) is 3.04. The summed E-state index contributed by atoms with van der Waals surface area (Å²) in [7, 11) is 0. The SMILES string of the molecule is CC1CCC(COc2cc3c(c(N)c2N)OC(N)CC3)CC1. The maximum atomic E-state index is 6.12. The van der Waals surface area contributed by atoms with Crippen molar-refractivity contribution in [2.75, 3.05) is 18.1 Å². The van der Waals surface area contributed by atoms with Crippen molar-refractivity contribution in [1.82, 2.24) is 0 Å². The van der Waals surface area contributed by atoms with Gasteiger partial charge in [0.05, 0.1) is 6.61 Å². The van der Waals surface area contributed by atoms with E-state index >= 15 is 0 Å². The lowest BCUT2D eigenvalue weighted by Crippen LogP contribution is -2.31. The lowest BCUT2D eigenvalue weighted by molar-refractivity contribution is 0.178. The smallest absolute Gasteiger partial charge is 0.150 e. The lowest BCUT2D eigenvalue weighted by atomic mass is 9.83. The van der Waals surface area contributed by atoms with E-state index in [0.29, 0.717) is 28.8 Å². The van der Waals surface area contributed by atoms with Crippen LogP contribution in [0.2, 0.25) is 0 Å². The third kappa shape index (κ3) is 3.09. The van der Waals surface area contributed by atoms with Crippen LogP contribution in [-0.2, 0) is 6.42 Å². The topological polar surface area (TPSA) is 96.5 Å². The number of anilines is 2. The predicted octanol–water partition coefficient (Wildman–Crippen LogP) is 2.67. The van der Waals surface area contributed by atoms with Crippen LogP contribution in [0.1, 0.15) is 44.6 Å². The molecule has 5 nitrogen and oxygen atoms in total. The molecule has 2 aliphatic rings. The number of fused-ring (bicyclic) bond motifs is 1. The van der Waals surface area contributed by atoms with Gasteiger partial charge < -0.3 is 20.9 Å². The Balaban J connectivity index is 1.70. The van der Waals surface area contributed by atoms with Gasteiger partial charge in [-0.05, 0) is 37.2 Å². The van der Waals surface area contributed by atoms with Crippen LogP contribution in [0, 0.1) is 11.8 Å². The molecule has 0 bridgehead atoms. The van der Waals surface area contributed by atoms with E-state index in [0.717, 1.165) is 30.9 Å². The molecule has 3 rings (SSSR count). The molecule has 6 N–H and O–H groups in total. The third-order valence-corrected chi connectivity index (χ3v) is 4.97. The highest BCUT2D eigenvalue weighted by molar-refractivity contribution is 5.79. The summed E-state index contributed by atoms with van der Waals surface area (Å²) in [5.74, 6) is 2.80. The Bertz CT molecular complexity index is 539. The van der Waals surface area contributed by atoms with Gasteiger partial charge in [-0.1, -0.05) is 19.8 Å². The number of nitrogen functional groups attached to an aromatic ring is 2. The van der Waals surface area contributed by atoms with E-state index in [4.69, 9.17) is 26.7 Å². The van der Waals surface area contributed by atoms with Crippen molar-refractivity contribution in [1.29, 1.82) is 0 Å². The van der Waals surface area contributed by atoms with Crippen LogP contribution in [0.25, 0.3) is 0 Å². The highest BCUT2D eigenvalue weighted by Gasteiger charge is 2.24. The molecular weight excluding hydrogens is 278 g/mol. The van der Waals surface area contributed by atoms with Crippen LogP contribution in [0.5, 0.6) is 11.5 Å². The summed E-state index contributed by atoms with van der Waals surface area (Å²) in [6, 6.07) is 1.97. The van der Waals surface area contributed by atoms with Crippen LogP contribution >= 0.6 is 0 Å². The minimum absolute atomic E-state index is 0.301. The zero-order chi connectivity index (χ0) is 15.7. The number of rotatable bonds is 3. The van der Waals surface area contributed by atoms with Crippen LogP contribution in [0.15, 0.2) is 6.07 Å². The number of nitrogens with two attached hydrogens (primary N) is 3. The minimum atomic E-state index is -0.301. The van der Waals surface area contributed by atoms with E-state index in [-0.39, 0.29) is 6.23 Å². The quantitative estimate of drug-likeness (QED) is 0.746. The maximum absolute atomic E-state index is 6.12. The van der Waals surface area contributed by atoms with Crippen LogP contribution < -0.4 is 26.7 Å². The molecule has 22 heavy (non-hydrogen) atoms. The average Bonchev–Trinajstić information content (AvgIpc) is 2.52. The highest BCUT2D eigenvalue weighted by Crippen LogP contribution is 2.42. The maximum Gasteiger partial charge on any atom is 0.150 e. The molecule has 1 unspecified atom stereocenters. The van der Waals surface area contributed by atoms with Crippen LogP contribution in [0.4, 0.5) is 11.4 Å². The second-order valence-electron chi connectivity index (χ2n) is 6.82. The molecule has 1 heterocycles. The molecule has 122 valence electrons. The molecule has 1 aromatic rings. The summed E-state index contributed by atoms with van der Waals surface area (Å²) in [5, 5.41) is 0. The standard InChI is InChI=1S/C17H27N3O2/c1-10-2-4-11(5-3-10)9-21-13-8-12-6-7-14(18)22-17(12)16(20)15(13)19/h8,10-11,14H,2-7,9,18-20H2,1H3. The molecule has 0 aromatic heterocycles. The summed E-state index contributed by atoms with van der Waals surface area (Å²) >= 11 is 0. The van der Waals surface area contributed by atoms with Gasteiger partial charge in [-0.25, -0.2) is 0 Å². The molecule has 0 radical (unpaired) electrons. The normalized spacial score (nSPS) is 27.8. The molecule has 0 amide bonds. The first-order valence-corrected chi connectivity index (χ1v) is 8.30. The number of ether oxygens (including phenoxy) is 2. The summed E-state index contributed by atoms with van der Waals surface area (Å²) in [6.07, 6.45) is 6.39. The van der Waals surface area contributed by atoms with E-state index in [1.165, 1.54) is 25.7 Å². The molecule has 1 aliphatic heterocycles. The van der Waals surface area contributed by atoms with Crippen molar-refractivity contribution in [3.8, 4) is 11.5 Å². The highest BCUT2D eigenvalue weighted by atomic mass is 16.5. The Labute approximate surface area is 132 Å². The Hall–Kier alpha value is -1.62. The molecule has 5 heteroatoms. The van der Waals surface area contributed by atoms with Crippen molar-refractivity contribution in [3.05, 3.63) is 11.6 Å². The molecule has 1 aliphatic carbocycles. The van der Waals surface area contributed by atoms with Gasteiger partial charge in [0.1, 0.15) is 29.1 Å². The summed E-state index contributed by atoms with van der Waals surface area (Å²) in [4.78, 5) is 0. The second kappa shape index (κ2) is 6.24. The molecule has 1 aromatic carbocycles. The Kier molecular flexibility index (Phi) is 4.34. The first-order valence-electron chi connectivity index (χ1n) is 8.30. The monoisotopic (exact) mass is 305 g/mol. The molecule has 1 atom stereocenters. The number of aryl methyl sites for hydroxylation is 1. The average molecular weight is 305 g/mol. The zero-order valence-corrected chi connectivity index (χ0v) is 13.3. The number of benzene rings is 1. The Morgan fingerprint density at radius 3 is 2.59 bits per heavy atom. The summed E-state index contributed by atoms with van der Waals surface area (Å²) in [5.41, 5.74) is 20.0. The first-order chi connectivity index (χ1) is 10.5. The van der Waals surface area contributed by atoms with Crippen molar-refractivity contribution in [2.45, 2.75) is 51.7 Å². The van der Waals surface area contributed by atoms with E-state index in [1.807, 2.05) is 6.07 Å². The van der Waals surface area contributed by atoms with E-state index in [9.17, 15) is 0 Å². The lowest BCUT2D eigenvalue weighted by Gasteiger charge is -2.28. The van der Waals surface area contributed by atoms with Gasteiger partial charge in [0, 0.05) is 12.0 Å². The fourth-order valence-corrected chi connectivity index (χ4v) is 3.39. The van der Waals surface area contributed by atoms with Crippen molar-refractivity contribution in [2.24, 2.45) is 17.6 Å². The predicted molar refractivity (Wildman–Crippen MR) is 88.8 cm³/mol. The minimum Gasteiger partial charge on any atom is -0.491 e. The fourth-order valence-electron chi connectivity index (χ4n) is 3.39. The van der Waals surface area contributed by atoms with Gasteiger partial charge in [-0.3, -0.25) is 5.73 Å². The number of hydrogen-bond acceptors (Lipinski definition) is 5. The van der Waals surface area contributed by atoms with Crippen molar-refractivity contribution in [3.63, 3.8) is 0 Å². The van der Waals surface area contributed by atoms with Gasteiger partial charge in [0.15, 0.2) is 0 Å².